The van der Waals surface area contributed by atoms with Gasteiger partial charge < -0.3 is 10.0 Å². The van der Waals surface area contributed by atoms with Crippen LogP contribution in [0, 0.1) is 13.8 Å². The van der Waals surface area contributed by atoms with Gasteiger partial charge in [0.2, 0.25) is 0 Å². The lowest BCUT2D eigenvalue weighted by Crippen LogP contribution is -2.37. The van der Waals surface area contributed by atoms with Gasteiger partial charge in [-0.1, -0.05) is 48.0 Å². The number of benzene rings is 3. The minimum atomic E-state index is -1.03. The summed E-state index contributed by atoms with van der Waals surface area (Å²) in [4.78, 5) is 30.6. The SMILES string of the molecule is Cc1cccc(CCN(CC(=O)O)C(=O)c2ccc3c(c2)nc(C)n3-c2ccccc2)c1. The van der Waals surface area contributed by atoms with Gasteiger partial charge in [-0.3, -0.25) is 14.2 Å². The number of para-hydroxylation sites is 1. The van der Waals surface area contributed by atoms with Crippen molar-refractivity contribution < 1.29 is 14.7 Å². The van der Waals surface area contributed by atoms with Gasteiger partial charge in [0.25, 0.3) is 5.91 Å². The van der Waals surface area contributed by atoms with Gasteiger partial charge >= 0.3 is 5.97 Å². The molecule has 0 aliphatic rings. The van der Waals surface area contributed by atoms with Crippen LogP contribution in [-0.4, -0.2) is 44.5 Å². The van der Waals surface area contributed by atoms with Gasteiger partial charge in [0, 0.05) is 17.8 Å². The maximum absolute atomic E-state index is 13.2. The molecule has 0 aliphatic heterocycles. The molecule has 4 aromatic rings. The number of carboxylic acid groups (broad SMARTS) is 1. The molecule has 0 spiro atoms. The summed E-state index contributed by atoms with van der Waals surface area (Å²) in [5, 5.41) is 9.35. The Balaban J connectivity index is 1.61. The van der Waals surface area contributed by atoms with Gasteiger partial charge in [0.05, 0.1) is 11.0 Å². The lowest BCUT2D eigenvalue weighted by Gasteiger charge is -2.21. The largest absolute Gasteiger partial charge is 0.480 e. The van der Waals surface area contributed by atoms with Gasteiger partial charge in [0.15, 0.2) is 0 Å². The number of carbonyl (C=O) groups excluding carboxylic acids is 1. The Bertz CT molecular complexity index is 1280. The summed E-state index contributed by atoms with van der Waals surface area (Å²) in [5.41, 5.74) is 5.23. The first kappa shape index (κ1) is 21.3. The molecule has 1 aromatic heterocycles. The van der Waals surface area contributed by atoms with E-state index in [-0.39, 0.29) is 12.5 Å². The average Bonchev–Trinajstić information content (AvgIpc) is 3.11. The second-order valence-electron chi connectivity index (χ2n) is 7.89. The third-order valence-electron chi connectivity index (χ3n) is 5.45. The minimum absolute atomic E-state index is 0.311. The van der Waals surface area contributed by atoms with E-state index in [1.807, 2.05) is 73.0 Å². The number of amides is 1. The van der Waals surface area contributed by atoms with Crippen LogP contribution in [0.2, 0.25) is 0 Å². The Morgan fingerprint density at radius 3 is 2.47 bits per heavy atom. The van der Waals surface area contributed by atoms with Crippen molar-refractivity contribution in [1.82, 2.24) is 14.5 Å². The number of carboxylic acids is 1. The maximum atomic E-state index is 13.2. The fraction of sp³-hybridized carbons (Fsp3) is 0.192. The number of nitrogens with zero attached hydrogens (tertiary/aromatic N) is 3. The van der Waals surface area contributed by atoms with Crippen LogP contribution in [0.15, 0.2) is 72.8 Å². The smallest absolute Gasteiger partial charge is 0.323 e. The van der Waals surface area contributed by atoms with Crippen molar-refractivity contribution in [2.75, 3.05) is 13.1 Å². The van der Waals surface area contributed by atoms with E-state index in [1.165, 1.54) is 4.90 Å². The van der Waals surface area contributed by atoms with E-state index in [2.05, 4.69) is 11.1 Å². The highest BCUT2D eigenvalue weighted by Gasteiger charge is 2.20. The maximum Gasteiger partial charge on any atom is 0.323 e. The van der Waals surface area contributed by atoms with Crippen LogP contribution >= 0.6 is 0 Å². The molecule has 0 aliphatic carbocycles. The van der Waals surface area contributed by atoms with Gasteiger partial charge in [0.1, 0.15) is 12.4 Å². The standard InChI is InChI=1S/C26H25N3O3/c1-18-7-6-8-20(15-18)13-14-28(17-25(30)31)26(32)21-11-12-24-23(16-21)27-19(2)29(24)22-9-4-3-5-10-22/h3-12,15-16H,13-14,17H2,1-2H3,(H,30,31). The lowest BCUT2D eigenvalue weighted by molar-refractivity contribution is -0.137. The average molecular weight is 428 g/mol. The minimum Gasteiger partial charge on any atom is -0.480 e. The predicted octanol–water partition coefficient (Wildman–Crippen LogP) is 4.41. The van der Waals surface area contributed by atoms with Crippen LogP contribution in [0.25, 0.3) is 16.7 Å². The van der Waals surface area contributed by atoms with E-state index in [1.54, 1.807) is 12.1 Å². The van der Waals surface area contributed by atoms with Crippen LogP contribution in [0.5, 0.6) is 0 Å². The Labute approximate surface area is 186 Å². The van der Waals surface area contributed by atoms with Gasteiger partial charge in [-0.15, -0.1) is 0 Å². The first-order valence-electron chi connectivity index (χ1n) is 10.5. The number of hydrogen-bond acceptors (Lipinski definition) is 3. The summed E-state index contributed by atoms with van der Waals surface area (Å²) < 4.78 is 2.04. The van der Waals surface area contributed by atoms with E-state index >= 15 is 0 Å². The predicted molar refractivity (Wildman–Crippen MR) is 124 cm³/mol. The fourth-order valence-corrected chi connectivity index (χ4v) is 3.97. The van der Waals surface area contributed by atoms with Crippen LogP contribution in [0.3, 0.4) is 0 Å². The monoisotopic (exact) mass is 427 g/mol. The number of rotatable bonds is 7. The summed E-state index contributed by atoms with van der Waals surface area (Å²) in [6, 6.07) is 23.3. The Hall–Kier alpha value is -3.93. The molecular formula is C26H25N3O3. The molecule has 0 bridgehead atoms. The van der Waals surface area contributed by atoms with Crippen molar-refractivity contribution in [2.45, 2.75) is 20.3 Å². The normalized spacial score (nSPS) is 10.9. The van der Waals surface area contributed by atoms with Crippen molar-refractivity contribution >= 4 is 22.9 Å². The fourth-order valence-electron chi connectivity index (χ4n) is 3.97. The van der Waals surface area contributed by atoms with Crippen molar-refractivity contribution in [1.29, 1.82) is 0 Å². The number of aromatic nitrogens is 2. The molecule has 1 amide bonds. The molecule has 3 aromatic carbocycles. The van der Waals surface area contributed by atoms with Gasteiger partial charge in [-0.2, -0.15) is 0 Å². The zero-order chi connectivity index (χ0) is 22.7. The Morgan fingerprint density at radius 2 is 1.75 bits per heavy atom. The molecule has 6 heteroatoms. The highest BCUT2D eigenvalue weighted by atomic mass is 16.4. The summed E-state index contributed by atoms with van der Waals surface area (Å²) in [6.45, 7) is 3.91. The number of imidazole rings is 1. The molecule has 1 N–H and O–H groups in total. The molecule has 0 saturated carbocycles. The summed E-state index contributed by atoms with van der Waals surface area (Å²) in [6.07, 6.45) is 0.588. The Kier molecular flexibility index (Phi) is 6.03. The Morgan fingerprint density at radius 1 is 0.969 bits per heavy atom. The molecule has 32 heavy (non-hydrogen) atoms. The molecule has 4 rings (SSSR count). The molecule has 162 valence electrons. The molecule has 6 nitrogen and oxygen atoms in total. The van der Waals surface area contributed by atoms with E-state index in [0.29, 0.717) is 24.0 Å². The van der Waals surface area contributed by atoms with Gasteiger partial charge in [-0.05, 0) is 56.2 Å². The second-order valence-corrected chi connectivity index (χ2v) is 7.89. The van der Waals surface area contributed by atoms with Crippen molar-refractivity contribution in [3.05, 3.63) is 95.3 Å². The van der Waals surface area contributed by atoms with Crippen LogP contribution < -0.4 is 0 Å². The third kappa shape index (κ3) is 4.54. The number of aryl methyl sites for hydroxylation is 2. The number of fused-ring (bicyclic) bond motifs is 1. The molecule has 0 unspecified atom stereocenters. The van der Waals surface area contributed by atoms with E-state index in [9.17, 15) is 14.7 Å². The number of aliphatic carboxylic acids is 1. The third-order valence-corrected chi connectivity index (χ3v) is 5.45. The van der Waals surface area contributed by atoms with Crippen molar-refractivity contribution in [3.63, 3.8) is 0 Å². The molecule has 0 radical (unpaired) electrons. The van der Waals surface area contributed by atoms with Gasteiger partial charge in [-0.25, -0.2) is 4.98 Å². The first-order chi connectivity index (χ1) is 15.4. The summed E-state index contributed by atoms with van der Waals surface area (Å²) in [5.74, 6) is -0.528. The number of hydrogen-bond donors (Lipinski definition) is 1. The second kappa shape index (κ2) is 9.06. The first-order valence-corrected chi connectivity index (χ1v) is 10.5. The van der Waals surface area contributed by atoms with E-state index < -0.39 is 5.97 Å². The zero-order valence-corrected chi connectivity index (χ0v) is 18.2. The molecule has 0 saturated heterocycles. The number of carbonyl (C=O) groups is 2. The topological polar surface area (TPSA) is 75.4 Å². The summed E-state index contributed by atoms with van der Waals surface area (Å²) >= 11 is 0. The van der Waals surface area contributed by atoms with E-state index in [4.69, 9.17) is 0 Å². The molecule has 0 fully saturated rings. The molecule has 1 heterocycles. The zero-order valence-electron chi connectivity index (χ0n) is 18.2. The highest BCUT2D eigenvalue weighted by Crippen LogP contribution is 2.23. The van der Waals surface area contributed by atoms with Crippen LogP contribution in [0.1, 0.15) is 27.3 Å². The van der Waals surface area contributed by atoms with Crippen molar-refractivity contribution in [2.24, 2.45) is 0 Å². The quantitative estimate of drug-likeness (QED) is 0.474. The van der Waals surface area contributed by atoms with Crippen LogP contribution in [-0.2, 0) is 11.2 Å². The lowest BCUT2D eigenvalue weighted by atomic mass is 10.1. The summed E-state index contributed by atoms with van der Waals surface area (Å²) in [7, 11) is 0. The van der Waals surface area contributed by atoms with E-state index in [0.717, 1.165) is 28.2 Å². The highest BCUT2D eigenvalue weighted by molar-refractivity contribution is 5.98. The molecular weight excluding hydrogens is 402 g/mol. The van der Waals surface area contributed by atoms with Crippen molar-refractivity contribution in [3.8, 4) is 5.69 Å². The van der Waals surface area contributed by atoms with Crippen LogP contribution in [0.4, 0.5) is 0 Å². The molecule has 0 atom stereocenters.